The van der Waals surface area contributed by atoms with Crippen LogP contribution in [0.3, 0.4) is 0 Å². The quantitative estimate of drug-likeness (QED) is 0.485. The number of amides is 1. The first-order chi connectivity index (χ1) is 5.68. The summed E-state index contributed by atoms with van der Waals surface area (Å²) in [7, 11) is 3.34. The minimum Gasteiger partial charge on any atom is -0.396 e. The van der Waals surface area contributed by atoms with Gasteiger partial charge in [0.2, 0.25) is 0 Å². The smallest absolute Gasteiger partial charge is 0.297 e. The van der Waals surface area contributed by atoms with Crippen molar-refractivity contribution in [2.75, 3.05) is 20.7 Å². The Balaban J connectivity index is 3.52. The van der Waals surface area contributed by atoms with Crippen LogP contribution in [-0.4, -0.2) is 36.6 Å². The zero-order valence-electron chi connectivity index (χ0n) is 7.63. The van der Waals surface area contributed by atoms with Crippen molar-refractivity contribution in [2.24, 2.45) is 0 Å². The topological polar surface area (TPSA) is 40.5 Å². The summed E-state index contributed by atoms with van der Waals surface area (Å²) in [5.41, 5.74) is 0. The van der Waals surface area contributed by atoms with Gasteiger partial charge in [-0.15, -0.1) is 0 Å². The van der Waals surface area contributed by atoms with E-state index in [1.54, 1.807) is 14.1 Å². The summed E-state index contributed by atoms with van der Waals surface area (Å²) in [6.07, 6.45) is 2.29. The molecule has 0 aliphatic rings. The predicted molar refractivity (Wildman–Crippen MR) is 47.4 cm³/mol. The van der Waals surface area contributed by atoms with Crippen LogP contribution in [0.15, 0.2) is 0 Å². The molecular formula is C9H15NO2. The van der Waals surface area contributed by atoms with E-state index in [-0.39, 0.29) is 12.5 Å². The average Bonchev–Trinajstić information content (AvgIpc) is 2.03. The Bertz CT molecular complexity index is 188. The highest BCUT2D eigenvalue weighted by Crippen LogP contribution is 1.91. The zero-order valence-corrected chi connectivity index (χ0v) is 7.63. The molecule has 0 aliphatic carbocycles. The zero-order chi connectivity index (χ0) is 9.40. The van der Waals surface area contributed by atoms with Crippen molar-refractivity contribution in [1.82, 2.24) is 4.90 Å². The summed E-state index contributed by atoms with van der Waals surface area (Å²) < 4.78 is 0. The first-order valence-corrected chi connectivity index (χ1v) is 3.99. The molecule has 0 saturated heterocycles. The van der Waals surface area contributed by atoms with Crippen molar-refractivity contribution >= 4 is 5.91 Å². The molecule has 12 heavy (non-hydrogen) atoms. The highest BCUT2D eigenvalue weighted by molar-refractivity contribution is 5.93. The molecule has 0 aromatic rings. The van der Waals surface area contributed by atoms with Crippen molar-refractivity contribution in [3.63, 3.8) is 0 Å². The van der Waals surface area contributed by atoms with Crippen LogP contribution in [0, 0.1) is 11.8 Å². The van der Waals surface area contributed by atoms with E-state index in [0.717, 1.165) is 12.8 Å². The standard InChI is InChI=1S/C9H15NO2/c1-10(2)9(12)7-5-3-4-6-8-11/h11H,3-4,6,8H2,1-2H3. The Kier molecular flexibility index (Phi) is 6.12. The number of nitrogens with zero attached hydrogens (tertiary/aromatic N) is 1. The van der Waals surface area contributed by atoms with E-state index < -0.39 is 0 Å². The Labute approximate surface area is 73.4 Å². The number of unbranched alkanes of at least 4 members (excludes halogenated alkanes) is 2. The Hall–Kier alpha value is -1.01. The van der Waals surface area contributed by atoms with Gasteiger partial charge in [-0.05, 0) is 18.8 Å². The third-order valence-corrected chi connectivity index (χ3v) is 1.31. The Morgan fingerprint density at radius 2 is 2.08 bits per heavy atom. The molecular weight excluding hydrogens is 154 g/mol. The van der Waals surface area contributed by atoms with Crippen LogP contribution in [-0.2, 0) is 4.79 Å². The monoisotopic (exact) mass is 169 g/mol. The molecule has 3 heteroatoms. The minimum absolute atomic E-state index is 0.168. The molecule has 68 valence electrons. The molecule has 0 bridgehead atoms. The highest BCUT2D eigenvalue weighted by Gasteiger charge is 1.94. The molecule has 0 aliphatic heterocycles. The van der Waals surface area contributed by atoms with E-state index in [1.165, 1.54) is 4.90 Å². The third kappa shape index (κ3) is 5.75. The second-order valence-corrected chi connectivity index (χ2v) is 2.68. The van der Waals surface area contributed by atoms with Gasteiger partial charge in [0, 0.05) is 27.1 Å². The largest absolute Gasteiger partial charge is 0.396 e. The number of aliphatic hydroxyl groups is 1. The molecule has 0 heterocycles. The van der Waals surface area contributed by atoms with Gasteiger partial charge in [-0.2, -0.15) is 0 Å². The molecule has 3 nitrogen and oxygen atoms in total. The maximum absolute atomic E-state index is 10.9. The van der Waals surface area contributed by atoms with E-state index in [0.29, 0.717) is 6.42 Å². The number of carbonyl (C=O) groups excluding carboxylic acids is 1. The average molecular weight is 169 g/mol. The Morgan fingerprint density at radius 1 is 1.42 bits per heavy atom. The third-order valence-electron chi connectivity index (χ3n) is 1.31. The molecule has 0 radical (unpaired) electrons. The lowest BCUT2D eigenvalue weighted by molar-refractivity contribution is -0.122. The lowest BCUT2D eigenvalue weighted by atomic mass is 10.2. The van der Waals surface area contributed by atoms with Crippen LogP contribution in [0.2, 0.25) is 0 Å². The van der Waals surface area contributed by atoms with Gasteiger partial charge in [-0.3, -0.25) is 4.79 Å². The predicted octanol–water partition coefficient (Wildman–Crippen LogP) is 0.241. The van der Waals surface area contributed by atoms with Crippen molar-refractivity contribution in [3.05, 3.63) is 0 Å². The number of rotatable bonds is 3. The van der Waals surface area contributed by atoms with Crippen LogP contribution in [0.1, 0.15) is 19.3 Å². The van der Waals surface area contributed by atoms with Gasteiger partial charge in [0.15, 0.2) is 0 Å². The molecule has 0 unspecified atom stereocenters. The maximum atomic E-state index is 10.9. The molecule has 0 aromatic carbocycles. The molecule has 0 atom stereocenters. The fourth-order valence-corrected chi connectivity index (χ4v) is 0.575. The van der Waals surface area contributed by atoms with Crippen LogP contribution in [0.4, 0.5) is 0 Å². The molecule has 0 spiro atoms. The van der Waals surface area contributed by atoms with Crippen LogP contribution in [0.5, 0.6) is 0 Å². The van der Waals surface area contributed by atoms with E-state index in [1.807, 2.05) is 0 Å². The van der Waals surface area contributed by atoms with Crippen LogP contribution < -0.4 is 0 Å². The number of hydrogen-bond acceptors (Lipinski definition) is 2. The number of carbonyl (C=O) groups is 1. The van der Waals surface area contributed by atoms with Crippen molar-refractivity contribution in [2.45, 2.75) is 19.3 Å². The van der Waals surface area contributed by atoms with Gasteiger partial charge < -0.3 is 10.0 Å². The molecule has 0 rings (SSSR count). The van der Waals surface area contributed by atoms with E-state index in [4.69, 9.17) is 5.11 Å². The van der Waals surface area contributed by atoms with E-state index in [2.05, 4.69) is 11.8 Å². The van der Waals surface area contributed by atoms with E-state index >= 15 is 0 Å². The SMILES string of the molecule is CN(C)C(=O)C#CCCCCO. The second-order valence-electron chi connectivity index (χ2n) is 2.68. The number of hydrogen-bond donors (Lipinski definition) is 1. The van der Waals surface area contributed by atoms with Gasteiger partial charge in [-0.25, -0.2) is 0 Å². The second kappa shape index (κ2) is 6.68. The normalized spacial score (nSPS) is 8.58. The molecule has 0 fully saturated rings. The van der Waals surface area contributed by atoms with Crippen molar-refractivity contribution < 1.29 is 9.90 Å². The molecule has 0 aromatic heterocycles. The summed E-state index contributed by atoms with van der Waals surface area (Å²) in [4.78, 5) is 12.3. The first kappa shape index (κ1) is 11.0. The molecule has 1 amide bonds. The first-order valence-electron chi connectivity index (χ1n) is 3.99. The van der Waals surface area contributed by atoms with E-state index in [9.17, 15) is 4.79 Å². The van der Waals surface area contributed by atoms with Gasteiger partial charge >= 0.3 is 0 Å². The lowest BCUT2D eigenvalue weighted by Gasteiger charge is -2.02. The Morgan fingerprint density at radius 3 is 2.58 bits per heavy atom. The number of aliphatic hydroxyl groups excluding tert-OH is 1. The van der Waals surface area contributed by atoms with Gasteiger partial charge in [-0.1, -0.05) is 5.92 Å². The van der Waals surface area contributed by atoms with Crippen molar-refractivity contribution in [3.8, 4) is 11.8 Å². The van der Waals surface area contributed by atoms with Gasteiger partial charge in [0.05, 0.1) is 0 Å². The molecule has 1 N–H and O–H groups in total. The van der Waals surface area contributed by atoms with Crippen molar-refractivity contribution in [1.29, 1.82) is 0 Å². The van der Waals surface area contributed by atoms with Crippen LogP contribution in [0.25, 0.3) is 0 Å². The van der Waals surface area contributed by atoms with Gasteiger partial charge in [0.1, 0.15) is 0 Å². The maximum Gasteiger partial charge on any atom is 0.297 e. The summed E-state index contributed by atoms with van der Waals surface area (Å²) >= 11 is 0. The minimum atomic E-state index is -0.168. The fraction of sp³-hybridized carbons (Fsp3) is 0.667. The fourth-order valence-electron chi connectivity index (χ4n) is 0.575. The summed E-state index contributed by atoms with van der Waals surface area (Å²) in [5.74, 6) is 5.08. The summed E-state index contributed by atoms with van der Waals surface area (Å²) in [6, 6.07) is 0. The summed E-state index contributed by atoms with van der Waals surface area (Å²) in [6.45, 7) is 0.198. The van der Waals surface area contributed by atoms with Crippen LogP contribution >= 0.6 is 0 Å². The van der Waals surface area contributed by atoms with Gasteiger partial charge in [0.25, 0.3) is 5.91 Å². The highest BCUT2D eigenvalue weighted by atomic mass is 16.2. The molecule has 0 saturated carbocycles. The lowest BCUT2D eigenvalue weighted by Crippen LogP contribution is -2.19. The summed E-state index contributed by atoms with van der Waals surface area (Å²) in [5, 5.41) is 8.44.